The minimum absolute atomic E-state index is 0.277. The molecule has 1 amide bonds. The van der Waals surface area contributed by atoms with Gasteiger partial charge in [0.2, 0.25) is 0 Å². The average molecular weight is 301 g/mol. The number of ether oxygens (including phenoxy) is 1. The largest absolute Gasteiger partial charge is 0.467 e. The second-order valence-electron chi connectivity index (χ2n) is 4.84. The molecule has 2 aromatic rings. The van der Waals surface area contributed by atoms with E-state index in [0.29, 0.717) is 12.2 Å². The predicted octanol–water partition coefficient (Wildman–Crippen LogP) is 2.63. The van der Waals surface area contributed by atoms with Crippen LogP contribution in [0.2, 0.25) is 0 Å². The molecule has 5 nitrogen and oxygen atoms in total. The number of hydrogen-bond donors (Lipinski definition) is 1. The quantitative estimate of drug-likeness (QED) is 0.798. The van der Waals surface area contributed by atoms with Crippen LogP contribution in [0.4, 0.5) is 0 Å². The van der Waals surface area contributed by atoms with Crippen LogP contribution in [0.5, 0.6) is 0 Å². The Morgan fingerprint density at radius 1 is 1.18 bits per heavy atom. The van der Waals surface area contributed by atoms with Gasteiger partial charge in [-0.25, -0.2) is 0 Å². The number of amides is 1. The van der Waals surface area contributed by atoms with Crippen LogP contribution < -0.4 is 5.32 Å². The van der Waals surface area contributed by atoms with Gasteiger partial charge in [-0.1, -0.05) is 37.3 Å². The molecule has 0 radical (unpaired) electrons. The highest BCUT2D eigenvalue weighted by atomic mass is 16.5. The second kappa shape index (κ2) is 8.02. The molecule has 0 saturated carbocycles. The first-order valence-corrected chi connectivity index (χ1v) is 7.21. The van der Waals surface area contributed by atoms with Crippen LogP contribution in [0.1, 0.15) is 30.6 Å². The SMILES string of the molecule is CC[C@H](C(=O)OCC(=O)NCc1ccco1)c1ccccc1. The molecule has 1 N–H and O–H groups in total. The Balaban J connectivity index is 1.79. The maximum absolute atomic E-state index is 12.1. The lowest BCUT2D eigenvalue weighted by Gasteiger charge is -2.14. The monoisotopic (exact) mass is 301 g/mol. The molecule has 1 atom stereocenters. The summed E-state index contributed by atoms with van der Waals surface area (Å²) in [4.78, 5) is 23.8. The number of furan rings is 1. The molecule has 0 aliphatic heterocycles. The third-order valence-corrected chi connectivity index (χ3v) is 3.28. The fourth-order valence-corrected chi connectivity index (χ4v) is 2.11. The van der Waals surface area contributed by atoms with E-state index in [1.165, 1.54) is 6.26 Å². The fraction of sp³-hybridized carbons (Fsp3) is 0.294. The molecule has 0 bridgehead atoms. The van der Waals surface area contributed by atoms with Crippen molar-refractivity contribution in [2.45, 2.75) is 25.8 Å². The van der Waals surface area contributed by atoms with Gasteiger partial charge in [0.05, 0.1) is 18.7 Å². The lowest BCUT2D eigenvalue weighted by Crippen LogP contribution is -2.29. The van der Waals surface area contributed by atoms with Crippen LogP contribution in [0, 0.1) is 0 Å². The summed E-state index contributed by atoms with van der Waals surface area (Å²) in [5, 5.41) is 2.63. The highest BCUT2D eigenvalue weighted by Gasteiger charge is 2.20. The molecule has 116 valence electrons. The molecule has 2 rings (SSSR count). The van der Waals surface area contributed by atoms with Crippen molar-refractivity contribution in [1.29, 1.82) is 0 Å². The Bertz CT molecular complexity index is 592. The van der Waals surface area contributed by atoms with Crippen LogP contribution in [-0.2, 0) is 20.9 Å². The van der Waals surface area contributed by atoms with Gasteiger partial charge in [-0.05, 0) is 24.1 Å². The van der Waals surface area contributed by atoms with E-state index in [4.69, 9.17) is 9.15 Å². The molecule has 5 heteroatoms. The number of hydrogen-bond acceptors (Lipinski definition) is 4. The van der Waals surface area contributed by atoms with E-state index < -0.39 is 0 Å². The lowest BCUT2D eigenvalue weighted by atomic mass is 9.97. The first-order chi connectivity index (χ1) is 10.7. The fourth-order valence-electron chi connectivity index (χ4n) is 2.11. The Morgan fingerprint density at radius 3 is 2.59 bits per heavy atom. The minimum Gasteiger partial charge on any atom is -0.467 e. The van der Waals surface area contributed by atoms with Crippen molar-refractivity contribution >= 4 is 11.9 Å². The molecule has 1 aromatic heterocycles. The van der Waals surface area contributed by atoms with E-state index in [-0.39, 0.29) is 30.9 Å². The summed E-state index contributed by atoms with van der Waals surface area (Å²) in [5.41, 5.74) is 0.894. The topological polar surface area (TPSA) is 68.5 Å². The number of benzene rings is 1. The highest BCUT2D eigenvalue weighted by molar-refractivity contribution is 5.83. The molecule has 0 fully saturated rings. The molecular weight excluding hydrogens is 282 g/mol. The van der Waals surface area contributed by atoms with Gasteiger partial charge in [-0.3, -0.25) is 9.59 Å². The van der Waals surface area contributed by atoms with Gasteiger partial charge in [0.15, 0.2) is 6.61 Å². The first-order valence-electron chi connectivity index (χ1n) is 7.21. The molecule has 22 heavy (non-hydrogen) atoms. The third-order valence-electron chi connectivity index (χ3n) is 3.28. The van der Waals surface area contributed by atoms with E-state index in [2.05, 4.69) is 5.32 Å². The van der Waals surface area contributed by atoms with E-state index in [1.54, 1.807) is 12.1 Å². The van der Waals surface area contributed by atoms with Crippen LogP contribution in [0.15, 0.2) is 53.1 Å². The smallest absolute Gasteiger partial charge is 0.313 e. The van der Waals surface area contributed by atoms with Crippen molar-refractivity contribution < 1.29 is 18.7 Å². The number of nitrogens with one attached hydrogen (secondary N) is 1. The molecule has 1 heterocycles. The standard InChI is InChI=1S/C17H19NO4/c1-2-15(13-7-4-3-5-8-13)17(20)22-12-16(19)18-11-14-9-6-10-21-14/h3-10,15H,2,11-12H2,1H3,(H,18,19)/t15-/m0/s1. The summed E-state index contributed by atoms with van der Waals surface area (Å²) < 4.78 is 10.2. The molecule has 0 aliphatic rings. The van der Waals surface area contributed by atoms with Crippen molar-refractivity contribution in [3.8, 4) is 0 Å². The van der Waals surface area contributed by atoms with Gasteiger partial charge in [-0.15, -0.1) is 0 Å². The van der Waals surface area contributed by atoms with Crippen LogP contribution >= 0.6 is 0 Å². The zero-order valence-electron chi connectivity index (χ0n) is 12.5. The van der Waals surface area contributed by atoms with Gasteiger partial charge in [0.1, 0.15) is 5.76 Å². The van der Waals surface area contributed by atoms with Gasteiger partial charge in [0, 0.05) is 0 Å². The number of carbonyl (C=O) groups is 2. The minimum atomic E-state index is -0.387. The average Bonchev–Trinajstić information content (AvgIpc) is 3.06. The zero-order valence-corrected chi connectivity index (χ0v) is 12.5. The Morgan fingerprint density at radius 2 is 1.95 bits per heavy atom. The molecule has 1 aromatic carbocycles. The van der Waals surface area contributed by atoms with E-state index in [9.17, 15) is 9.59 Å². The number of rotatable bonds is 7. The van der Waals surface area contributed by atoms with Gasteiger partial charge >= 0.3 is 5.97 Å². The zero-order chi connectivity index (χ0) is 15.8. The Kier molecular flexibility index (Phi) is 5.77. The van der Waals surface area contributed by atoms with Gasteiger partial charge in [0.25, 0.3) is 5.91 Å². The summed E-state index contributed by atoms with van der Waals surface area (Å²) in [7, 11) is 0. The van der Waals surface area contributed by atoms with Crippen molar-refractivity contribution in [2.24, 2.45) is 0 Å². The molecule has 0 spiro atoms. The summed E-state index contributed by atoms with van der Waals surface area (Å²) >= 11 is 0. The van der Waals surface area contributed by atoms with Crippen LogP contribution in [-0.4, -0.2) is 18.5 Å². The van der Waals surface area contributed by atoms with Gasteiger partial charge < -0.3 is 14.5 Å². The second-order valence-corrected chi connectivity index (χ2v) is 4.84. The Hall–Kier alpha value is -2.56. The van der Waals surface area contributed by atoms with Crippen molar-refractivity contribution in [3.05, 3.63) is 60.1 Å². The molecular formula is C17H19NO4. The van der Waals surface area contributed by atoms with Gasteiger partial charge in [-0.2, -0.15) is 0 Å². The maximum Gasteiger partial charge on any atom is 0.313 e. The van der Waals surface area contributed by atoms with Crippen LogP contribution in [0.3, 0.4) is 0 Å². The maximum atomic E-state index is 12.1. The normalized spacial score (nSPS) is 11.7. The summed E-state index contributed by atoms with van der Waals surface area (Å²) in [6.45, 7) is 1.90. The number of carbonyl (C=O) groups excluding carboxylic acids is 2. The lowest BCUT2D eigenvalue weighted by molar-refractivity contribution is -0.150. The van der Waals surface area contributed by atoms with Crippen molar-refractivity contribution in [3.63, 3.8) is 0 Å². The predicted molar refractivity (Wildman–Crippen MR) is 81.0 cm³/mol. The summed E-state index contributed by atoms with van der Waals surface area (Å²) in [6.07, 6.45) is 2.16. The van der Waals surface area contributed by atoms with Crippen molar-refractivity contribution in [2.75, 3.05) is 6.61 Å². The summed E-state index contributed by atoms with van der Waals surface area (Å²) in [5.74, 6) is -0.441. The highest BCUT2D eigenvalue weighted by Crippen LogP contribution is 2.20. The van der Waals surface area contributed by atoms with E-state index in [1.807, 2.05) is 37.3 Å². The summed E-state index contributed by atoms with van der Waals surface area (Å²) in [6, 6.07) is 12.9. The number of esters is 1. The Labute approximate surface area is 129 Å². The molecule has 0 saturated heterocycles. The van der Waals surface area contributed by atoms with Crippen molar-refractivity contribution in [1.82, 2.24) is 5.32 Å². The van der Waals surface area contributed by atoms with E-state index in [0.717, 1.165) is 5.56 Å². The third kappa shape index (κ3) is 4.48. The molecule has 0 unspecified atom stereocenters. The van der Waals surface area contributed by atoms with E-state index >= 15 is 0 Å². The van der Waals surface area contributed by atoms with Crippen LogP contribution in [0.25, 0.3) is 0 Å². The first kappa shape index (κ1) is 15.8. The molecule has 0 aliphatic carbocycles.